The Hall–Kier alpha value is -3.67. The number of hydrogen-bond acceptors (Lipinski definition) is 6. The van der Waals surface area contributed by atoms with Crippen LogP contribution in [0, 0.1) is 0 Å². The van der Waals surface area contributed by atoms with E-state index in [-0.39, 0.29) is 31.1 Å². The third kappa shape index (κ3) is 61.1. The summed E-state index contributed by atoms with van der Waals surface area (Å²) in [5.41, 5.74) is 0. The third-order valence-corrected chi connectivity index (χ3v) is 13.5. The van der Waals surface area contributed by atoms with Crippen LogP contribution in [0.3, 0.4) is 0 Å². The van der Waals surface area contributed by atoms with E-state index in [0.29, 0.717) is 19.3 Å². The molecule has 6 heteroatoms. The summed E-state index contributed by atoms with van der Waals surface area (Å²) in [6.07, 6.45) is 84.1. The molecule has 1 unspecified atom stereocenters. The van der Waals surface area contributed by atoms with Crippen LogP contribution in [0.1, 0.15) is 303 Å². The van der Waals surface area contributed by atoms with Gasteiger partial charge >= 0.3 is 17.9 Å². The summed E-state index contributed by atoms with van der Waals surface area (Å²) >= 11 is 0. The maximum Gasteiger partial charge on any atom is 0.306 e. The molecule has 0 spiro atoms. The number of esters is 3. The average Bonchev–Trinajstić information content (AvgIpc) is 3.41. The Morgan fingerprint density at radius 3 is 0.813 bits per heavy atom. The van der Waals surface area contributed by atoms with Crippen LogP contribution in [0.25, 0.3) is 0 Å². The molecule has 0 aliphatic heterocycles. The zero-order chi connectivity index (χ0) is 54.3. The van der Waals surface area contributed by atoms with Crippen molar-refractivity contribution in [3.63, 3.8) is 0 Å². The Labute approximate surface area is 464 Å². The molecule has 0 heterocycles. The van der Waals surface area contributed by atoms with Crippen LogP contribution in [0.5, 0.6) is 0 Å². The second kappa shape index (κ2) is 62.9. The fraction of sp³-hybridized carbons (Fsp3) is 0.725. The fourth-order valence-corrected chi connectivity index (χ4v) is 8.79. The van der Waals surface area contributed by atoms with Crippen LogP contribution < -0.4 is 0 Å². The van der Waals surface area contributed by atoms with E-state index >= 15 is 0 Å². The SMILES string of the molecule is CC/C=C\C/C=C\C/C=C\C/C=C\CCCCCCCCCCCCCCCCC(=O)OCC(COC(=O)CCCCCCC/C=C\C/C=C\CCCCC)OC(=O)CCCCCCC/C=C\C/C=C\CCCCC. The lowest BCUT2D eigenvalue weighted by molar-refractivity contribution is -0.167. The molecule has 0 bridgehead atoms. The number of ether oxygens (including phenoxy) is 3. The Balaban J connectivity index is 4.30. The first-order chi connectivity index (χ1) is 37.0. The molecule has 0 saturated carbocycles. The summed E-state index contributed by atoms with van der Waals surface area (Å²) in [6, 6.07) is 0. The first-order valence-corrected chi connectivity index (χ1v) is 31.7. The van der Waals surface area contributed by atoms with E-state index < -0.39 is 6.10 Å². The van der Waals surface area contributed by atoms with E-state index in [1.165, 1.54) is 135 Å². The zero-order valence-corrected chi connectivity index (χ0v) is 49.3. The summed E-state index contributed by atoms with van der Waals surface area (Å²) in [4.78, 5) is 38.3. The number of carbonyl (C=O) groups is 3. The van der Waals surface area contributed by atoms with Crippen LogP contribution in [-0.2, 0) is 28.6 Å². The van der Waals surface area contributed by atoms with Gasteiger partial charge in [-0.2, -0.15) is 0 Å². The second-order valence-corrected chi connectivity index (χ2v) is 20.9. The van der Waals surface area contributed by atoms with Gasteiger partial charge in [-0.15, -0.1) is 0 Å². The molecule has 0 aliphatic carbocycles. The van der Waals surface area contributed by atoms with Gasteiger partial charge in [0.2, 0.25) is 0 Å². The molecule has 0 fully saturated rings. The summed E-state index contributed by atoms with van der Waals surface area (Å²) in [7, 11) is 0. The highest BCUT2D eigenvalue weighted by Crippen LogP contribution is 2.16. The number of rotatable bonds is 57. The van der Waals surface area contributed by atoms with Gasteiger partial charge < -0.3 is 14.2 Å². The molecule has 0 aromatic carbocycles. The molecule has 0 radical (unpaired) electrons. The van der Waals surface area contributed by atoms with E-state index in [0.717, 1.165) is 128 Å². The van der Waals surface area contributed by atoms with Gasteiger partial charge in [0.25, 0.3) is 0 Å². The molecule has 0 saturated heterocycles. The highest BCUT2D eigenvalue weighted by atomic mass is 16.6. The first-order valence-electron chi connectivity index (χ1n) is 31.7. The smallest absolute Gasteiger partial charge is 0.306 e. The monoisotopic (exact) mass is 1040 g/mol. The van der Waals surface area contributed by atoms with Crippen molar-refractivity contribution >= 4 is 17.9 Å². The van der Waals surface area contributed by atoms with Gasteiger partial charge in [-0.3, -0.25) is 14.4 Å². The largest absolute Gasteiger partial charge is 0.462 e. The van der Waals surface area contributed by atoms with Gasteiger partial charge in [0.15, 0.2) is 6.10 Å². The molecule has 430 valence electrons. The van der Waals surface area contributed by atoms with Crippen LogP contribution in [0.4, 0.5) is 0 Å². The van der Waals surface area contributed by atoms with Crippen molar-refractivity contribution in [3.05, 3.63) is 97.2 Å². The minimum Gasteiger partial charge on any atom is -0.462 e. The zero-order valence-electron chi connectivity index (χ0n) is 49.3. The van der Waals surface area contributed by atoms with Gasteiger partial charge in [0.05, 0.1) is 0 Å². The van der Waals surface area contributed by atoms with Crippen molar-refractivity contribution in [2.45, 2.75) is 309 Å². The van der Waals surface area contributed by atoms with E-state index in [1.54, 1.807) is 0 Å². The topological polar surface area (TPSA) is 78.9 Å². The van der Waals surface area contributed by atoms with Crippen molar-refractivity contribution in [1.29, 1.82) is 0 Å². The molecular formula is C69H118O6. The molecular weight excluding hydrogens is 925 g/mol. The molecule has 0 aromatic heterocycles. The average molecular weight is 1040 g/mol. The van der Waals surface area contributed by atoms with Crippen molar-refractivity contribution in [3.8, 4) is 0 Å². The lowest BCUT2D eigenvalue weighted by Crippen LogP contribution is -2.30. The molecule has 0 rings (SSSR count). The van der Waals surface area contributed by atoms with E-state index in [1.807, 2.05) is 0 Å². The van der Waals surface area contributed by atoms with E-state index in [9.17, 15) is 14.4 Å². The number of unbranched alkanes of at least 4 members (excludes halogenated alkanes) is 30. The molecule has 0 aromatic rings. The van der Waals surface area contributed by atoms with Gasteiger partial charge in [-0.25, -0.2) is 0 Å². The Morgan fingerprint density at radius 1 is 0.280 bits per heavy atom. The number of carbonyl (C=O) groups excluding carboxylic acids is 3. The Morgan fingerprint density at radius 2 is 0.520 bits per heavy atom. The molecule has 6 nitrogen and oxygen atoms in total. The van der Waals surface area contributed by atoms with Crippen molar-refractivity contribution < 1.29 is 28.6 Å². The van der Waals surface area contributed by atoms with Crippen molar-refractivity contribution in [1.82, 2.24) is 0 Å². The van der Waals surface area contributed by atoms with E-state index in [2.05, 4.69) is 118 Å². The summed E-state index contributed by atoms with van der Waals surface area (Å²) < 4.78 is 16.9. The van der Waals surface area contributed by atoms with Crippen molar-refractivity contribution in [2.75, 3.05) is 13.2 Å². The maximum absolute atomic E-state index is 12.9. The lowest BCUT2D eigenvalue weighted by atomic mass is 10.0. The summed E-state index contributed by atoms with van der Waals surface area (Å²) in [5, 5.41) is 0. The van der Waals surface area contributed by atoms with Crippen LogP contribution in [0.15, 0.2) is 97.2 Å². The lowest BCUT2D eigenvalue weighted by Gasteiger charge is -2.18. The van der Waals surface area contributed by atoms with Crippen LogP contribution >= 0.6 is 0 Å². The molecule has 0 N–H and O–H groups in total. The quantitative estimate of drug-likeness (QED) is 0.0261. The highest BCUT2D eigenvalue weighted by Gasteiger charge is 2.19. The van der Waals surface area contributed by atoms with Gasteiger partial charge in [-0.1, -0.05) is 259 Å². The summed E-state index contributed by atoms with van der Waals surface area (Å²) in [5.74, 6) is -0.907. The van der Waals surface area contributed by atoms with Crippen LogP contribution in [-0.4, -0.2) is 37.2 Å². The standard InChI is InChI=1S/C69H118O6/c1-4-7-10-13-16-19-22-25-28-29-30-31-32-33-34-35-36-37-38-39-42-44-47-50-53-56-59-62-68(71)74-65-66(75-69(72)63-60-57-54-51-48-45-41-27-24-21-18-15-12-9-6-3)64-73-67(70)61-58-55-52-49-46-43-40-26-23-20-17-14-11-8-5-2/h7,10,16-21,25-28,30-31,40-41,66H,4-6,8-9,11-15,22-24,29,32-39,42-65H2,1-3H3/b10-7-,19-16-,20-17-,21-18-,28-25-,31-30-,40-26-,41-27-. The number of hydrogen-bond donors (Lipinski definition) is 0. The Kier molecular flexibility index (Phi) is 59.8. The number of allylic oxidation sites excluding steroid dienone is 16. The van der Waals surface area contributed by atoms with Crippen molar-refractivity contribution in [2.24, 2.45) is 0 Å². The molecule has 0 aliphatic rings. The maximum atomic E-state index is 12.9. The predicted molar refractivity (Wildman–Crippen MR) is 325 cm³/mol. The van der Waals surface area contributed by atoms with Gasteiger partial charge in [-0.05, 0) is 122 Å². The predicted octanol–water partition coefficient (Wildman–Crippen LogP) is 21.7. The fourth-order valence-electron chi connectivity index (χ4n) is 8.79. The minimum atomic E-state index is -0.792. The Bertz CT molecular complexity index is 1480. The minimum absolute atomic E-state index is 0.0869. The highest BCUT2D eigenvalue weighted by molar-refractivity contribution is 5.71. The normalized spacial score (nSPS) is 12.7. The first kappa shape index (κ1) is 71.3. The van der Waals surface area contributed by atoms with E-state index in [4.69, 9.17) is 14.2 Å². The molecule has 1 atom stereocenters. The summed E-state index contributed by atoms with van der Waals surface area (Å²) in [6.45, 7) is 6.47. The molecule has 75 heavy (non-hydrogen) atoms. The second-order valence-electron chi connectivity index (χ2n) is 20.9. The van der Waals surface area contributed by atoms with Crippen LogP contribution in [0.2, 0.25) is 0 Å². The van der Waals surface area contributed by atoms with Gasteiger partial charge in [0.1, 0.15) is 13.2 Å². The molecule has 0 amide bonds. The van der Waals surface area contributed by atoms with Gasteiger partial charge in [0, 0.05) is 19.3 Å². The third-order valence-electron chi connectivity index (χ3n) is 13.5.